The topological polar surface area (TPSA) is 94.2 Å². The molecule has 0 aromatic heterocycles. The highest BCUT2D eigenvalue weighted by atomic mass is 79.9. The van der Waals surface area contributed by atoms with Gasteiger partial charge in [0.15, 0.2) is 17.2 Å². The van der Waals surface area contributed by atoms with Gasteiger partial charge in [-0.15, -0.1) is 0 Å². The summed E-state index contributed by atoms with van der Waals surface area (Å²) in [6, 6.07) is 12.4. The van der Waals surface area contributed by atoms with Gasteiger partial charge in [-0.25, -0.2) is 14.1 Å². The lowest BCUT2D eigenvalue weighted by Crippen LogP contribution is -2.54. The number of imide groups is 2. The Hall–Kier alpha value is -3.89. The molecule has 5 rings (SSSR count). The molecule has 3 aromatic rings. The van der Waals surface area contributed by atoms with Crippen LogP contribution in [0.1, 0.15) is 11.1 Å². The molecule has 2 heterocycles. The van der Waals surface area contributed by atoms with E-state index in [1.807, 2.05) is 12.1 Å². The number of hydrogen-bond acceptors (Lipinski definition) is 6. The van der Waals surface area contributed by atoms with E-state index in [9.17, 15) is 18.8 Å². The number of ether oxygens (including phenoxy) is 3. The molecule has 4 amide bonds. The number of carbonyl (C=O) groups is 3. The molecule has 0 unspecified atom stereocenters. The minimum absolute atomic E-state index is 0.115. The normalized spacial score (nSPS) is 15.9. The van der Waals surface area contributed by atoms with Gasteiger partial charge in [-0.2, -0.15) is 0 Å². The predicted molar refractivity (Wildman–Crippen MR) is 131 cm³/mol. The third kappa shape index (κ3) is 4.65. The first-order chi connectivity index (χ1) is 17.3. The van der Waals surface area contributed by atoms with Gasteiger partial charge in [0.1, 0.15) is 18.0 Å². The molecular formula is C25H15BrClFN2O6. The molecule has 3 aromatic carbocycles. The molecule has 2 aliphatic rings. The van der Waals surface area contributed by atoms with E-state index in [0.717, 1.165) is 22.6 Å². The third-order valence-electron chi connectivity index (χ3n) is 5.34. The molecule has 11 heteroatoms. The fraction of sp³-hybridized carbons (Fsp3) is 0.0800. The smallest absolute Gasteiger partial charge is 0.335 e. The number of nitrogens with zero attached hydrogens (tertiary/aromatic N) is 1. The molecule has 0 bridgehead atoms. The van der Waals surface area contributed by atoms with Crippen molar-refractivity contribution in [1.29, 1.82) is 0 Å². The highest BCUT2D eigenvalue weighted by molar-refractivity contribution is 9.10. The lowest BCUT2D eigenvalue weighted by atomic mass is 10.1. The zero-order chi connectivity index (χ0) is 25.4. The minimum atomic E-state index is -0.930. The summed E-state index contributed by atoms with van der Waals surface area (Å²) in [7, 11) is 0. The molecule has 0 radical (unpaired) electrons. The summed E-state index contributed by atoms with van der Waals surface area (Å²) < 4.78 is 30.3. The average molecular weight is 574 g/mol. The first-order valence-electron chi connectivity index (χ1n) is 10.5. The lowest BCUT2D eigenvalue weighted by Gasteiger charge is -2.26. The number of benzene rings is 3. The van der Waals surface area contributed by atoms with Crippen LogP contribution in [0.2, 0.25) is 5.02 Å². The number of halogens is 3. The second-order valence-electron chi connectivity index (χ2n) is 7.72. The molecule has 182 valence electrons. The molecule has 1 saturated heterocycles. The quantitative estimate of drug-likeness (QED) is 0.333. The van der Waals surface area contributed by atoms with E-state index in [-0.39, 0.29) is 29.7 Å². The SMILES string of the molecule is O=C1NC(=O)N(c2ccc(F)cc2)C(=O)/C1=C/c1cc(Cl)c(OCc2ccc3c(c2)OCO3)c(Br)c1. The van der Waals surface area contributed by atoms with Gasteiger partial charge < -0.3 is 14.2 Å². The highest BCUT2D eigenvalue weighted by Crippen LogP contribution is 2.37. The third-order valence-corrected chi connectivity index (χ3v) is 6.21. The van der Waals surface area contributed by atoms with Gasteiger partial charge in [0.05, 0.1) is 15.2 Å². The van der Waals surface area contributed by atoms with Crippen molar-refractivity contribution in [3.63, 3.8) is 0 Å². The van der Waals surface area contributed by atoms with Crippen molar-refractivity contribution in [2.45, 2.75) is 6.61 Å². The Labute approximate surface area is 217 Å². The summed E-state index contributed by atoms with van der Waals surface area (Å²) in [5.74, 6) is -0.595. The Morgan fingerprint density at radius 2 is 1.81 bits per heavy atom. The van der Waals surface area contributed by atoms with Crippen LogP contribution in [0.3, 0.4) is 0 Å². The number of fused-ring (bicyclic) bond motifs is 1. The first kappa shape index (κ1) is 23.8. The molecule has 1 N–H and O–H groups in total. The number of hydrogen-bond donors (Lipinski definition) is 1. The standard InChI is InChI=1S/C25H15BrClFN2O6/c26-18-8-14(9-19(27)22(18)34-11-13-1-6-20-21(10-13)36-12-35-20)7-17-23(31)29-25(33)30(24(17)32)16-4-2-15(28)3-5-16/h1-10H,11-12H2,(H,29,31,33)/b17-7+. The Bertz CT molecular complexity index is 1420. The maximum Gasteiger partial charge on any atom is 0.335 e. The molecule has 0 aliphatic carbocycles. The summed E-state index contributed by atoms with van der Waals surface area (Å²) in [4.78, 5) is 38.5. The second kappa shape index (κ2) is 9.63. The van der Waals surface area contributed by atoms with Crippen molar-refractivity contribution in [3.05, 3.63) is 86.6 Å². The monoisotopic (exact) mass is 572 g/mol. The van der Waals surface area contributed by atoms with Crippen LogP contribution in [0, 0.1) is 5.82 Å². The van der Waals surface area contributed by atoms with E-state index in [0.29, 0.717) is 27.3 Å². The first-order valence-corrected chi connectivity index (χ1v) is 11.6. The number of nitrogens with one attached hydrogen (secondary N) is 1. The van der Waals surface area contributed by atoms with E-state index in [1.165, 1.54) is 24.3 Å². The number of carbonyl (C=O) groups excluding carboxylic acids is 3. The van der Waals surface area contributed by atoms with Gasteiger partial charge in [0, 0.05) is 0 Å². The van der Waals surface area contributed by atoms with E-state index < -0.39 is 23.7 Å². The maximum atomic E-state index is 13.3. The summed E-state index contributed by atoms with van der Waals surface area (Å²) in [6.45, 7) is 0.370. The van der Waals surface area contributed by atoms with Gasteiger partial charge >= 0.3 is 6.03 Å². The van der Waals surface area contributed by atoms with Gasteiger partial charge in [0.25, 0.3) is 11.8 Å². The molecule has 0 spiro atoms. The van der Waals surface area contributed by atoms with Crippen LogP contribution in [0.5, 0.6) is 17.2 Å². The minimum Gasteiger partial charge on any atom is -0.486 e. The molecule has 2 aliphatic heterocycles. The zero-order valence-electron chi connectivity index (χ0n) is 18.2. The fourth-order valence-electron chi connectivity index (χ4n) is 3.64. The van der Waals surface area contributed by atoms with Crippen molar-refractivity contribution >= 4 is 57.1 Å². The van der Waals surface area contributed by atoms with Gasteiger partial charge in [0.2, 0.25) is 6.79 Å². The predicted octanol–water partition coefficient (Wildman–Crippen LogP) is 5.22. The summed E-state index contributed by atoms with van der Waals surface area (Å²) >= 11 is 9.85. The van der Waals surface area contributed by atoms with Crippen molar-refractivity contribution in [1.82, 2.24) is 5.32 Å². The summed E-state index contributed by atoms with van der Waals surface area (Å²) in [5, 5.41) is 2.35. The molecule has 1 fully saturated rings. The summed E-state index contributed by atoms with van der Waals surface area (Å²) in [5.41, 5.74) is 1.07. The summed E-state index contributed by atoms with van der Waals surface area (Å²) in [6.07, 6.45) is 1.30. The van der Waals surface area contributed by atoms with E-state index in [4.69, 9.17) is 25.8 Å². The molecular weight excluding hydrogens is 559 g/mol. The zero-order valence-corrected chi connectivity index (χ0v) is 20.6. The Morgan fingerprint density at radius 3 is 2.56 bits per heavy atom. The fourth-order valence-corrected chi connectivity index (χ4v) is 4.62. The number of amides is 4. The largest absolute Gasteiger partial charge is 0.486 e. The number of barbiturate groups is 1. The van der Waals surface area contributed by atoms with Crippen molar-refractivity contribution in [2.75, 3.05) is 11.7 Å². The molecule has 8 nitrogen and oxygen atoms in total. The van der Waals surface area contributed by atoms with Gasteiger partial charge in [-0.05, 0) is 81.7 Å². The van der Waals surface area contributed by atoms with Crippen LogP contribution < -0.4 is 24.4 Å². The second-order valence-corrected chi connectivity index (χ2v) is 8.99. The Balaban J connectivity index is 1.38. The van der Waals surface area contributed by atoms with E-state index in [2.05, 4.69) is 21.2 Å². The van der Waals surface area contributed by atoms with Crippen LogP contribution in [0.15, 0.2) is 64.6 Å². The number of urea groups is 1. The van der Waals surface area contributed by atoms with Gasteiger partial charge in [-0.3, -0.25) is 14.9 Å². The van der Waals surface area contributed by atoms with Gasteiger partial charge in [-0.1, -0.05) is 17.7 Å². The van der Waals surface area contributed by atoms with Crippen molar-refractivity contribution in [3.8, 4) is 17.2 Å². The van der Waals surface area contributed by atoms with E-state index >= 15 is 0 Å². The number of rotatable bonds is 5. The Kier molecular flexibility index (Phi) is 6.38. The molecule has 0 atom stereocenters. The maximum absolute atomic E-state index is 13.3. The molecule has 0 saturated carbocycles. The van der Waals surface area contributed by atoms with Crippen LogP contribution in [-0.2, 0) is 16.2 Å². The Morgan fingerprint density at radius 1 is 1.06 bits per heavy atom. The van der Waals surface area contributed by atoms with Crippen LogP contribution in [0.4, 0.5) is 14.9 Å². The van der Waals surface area contributed by atoms with Crippen LogP contribution in [-0.4, -0.2) is 24.6 Å². The van der Waals surface area contributed by atoms with Crippen molar-refractivity contribution in [2.24, 2.45) is 0 Å². The lowest BCUT2D eigenvalue weighted by molar-refractivity contribution is -0.122. The van der Waals surface area contributed by atoms with Crippen molar-refractivity contribution < 1.29 is 33.0 Å². The van der Waals surface area contributed by atoms with E-state index in [1.54, 1.807) is 12.1 Å². The number of anilines is 1. The van der Waals surface area contributed by atoms with Crippen LogP contribution >= 0.6 is 27.5 Å². The van der Waals surface area contributed by atoms with Crippen LogP contribution in [0.25, 0.3) is 6.08 Å². The highest BCUT2D eigenvalue weighted by Gasteiger charge is 2.36. The average Bonchev–Trinajstić information content (AvgIpc) is 3.30. The molecule has 36 heavy (non-hydrogen) atoms.